The van der Waals surface area contributed by atoms with Crippen LogP contribution in [0.25, 0.3) is 0 Å². The van der Waals surface area contributed by atoms with Crippen LogP contribution >= 0.6 is 0 Å². The van der Waals surface area contributed by atoms with Crippen LogP contribution in [0.1, 0.15) is 49.1 Å². The predicted molar refractivity (Wildman–Crippen MR) is 92.3 cm³/mol. The molecule has 0 amide bonds. The van der Waals surface area contributed by atoms with Gasteiger partial charge in [0.25, 0.3) is 0 Å². The first kappa shape index (κ1) is 17.1. The maximum Gasteiger partial charge on any atom is 0.248 e. The van der Waals surface area contributed by atoms with Crippen LogP contribution in [0.3, 0.4) is 0 Å². The number of rotatable bonds is 5. The Morgan fingerprint density at radius 2 is 1.33 bits per heavy atom. The minimum absolute atomic E-state index is 0.0282. The highest BCUT2D eigenvalue weighted by Crippen LogP contribution is 2.40. The zero-order chi connectivity index (χ0) is 17.0. The summed E-state index contributed by atoms with van der Waals surface area (Å²) in [6.45, 7) is 0. The first-order chi connectivity index (χ1) is 11.6. The van der Waals surface area contributed by atoms with E-state index in [1.54, 1.807) is 0 Å². The van der Waals surface area contributed by atoms with Crippen molar-refractivity contribution in [1.82, 2.24) is 0 Å². The van der Waals surface area contributed by atoms with E-state index in [2.05, 4.69) is 24.3 Å². The predicted octanol–water partition coefficient (Wildman–Crippen LogP) is 5.40. The Labute approximate surface area is 142 Å². The van der Waals surface area contributed by atoms with Gasteiger partial charge >= 0.3 is 0 Å². The molecule has 0 saturated heterocycles. The van der Waals surface area contributed by atoms with Gasteiger partial charge in [-0.05, 0) is 36.3 Å². The van der Waals surface area contributed by atoms with Gasteiger partial charge in [-0.1, -0.05) is 60.7 Å². The van der Waals surface area contributed by atoms with Crippen LogP contribution < -0.4 is 0 Å². The highest BCUT2D eigenvalue weighted by Gasteiger charge is 2.37. The maximum atomic E-state index is 13.4. The molecule has 1 aliphatic rings. The molecular weight excluding hydrogens is 306 g/mol. The molecule has 128 valence electrons. The van der Waals surface area contributed by atoms with E-state index in [9.17, 15) is 13.9 Å². The molecule has 1 N–H and O–H groups in total. The topological polar surface area (TPSA) is 20.2 Å². The van der Waals surface area contributed by atoms with E-state index in [1.807, 2.05) is 36.4 Å². The van der Waals surface area contributed by atoms with Crippen LogP contribution in [0.4, 0.5) is 8.78 Å². The lowest BCUT2D eigenvalue weighted by Gasteiger charge is -2.33. The van der Waals surface area contributed by atoms with Crippen LogP contribution in [-0.4, -0.2) is 17.1 Å². The largest absolute Gasteiger partial charge is 0.393 e. The average molecular weight is 330 g/mol. The maximum absolute atomic E-state index is 13.4. The highest BCUT2D eigenvalue weighted by atomic mass is 19.3. The minimum Gasteiger partial charge on any atom is -0.393 e. The van der Waals surface area contributed by atoms with E-state index in [1.165, 1.54) is 0 Å². The molecule has 2 aromatic rings. The van der Waals surface area contributed by atoms with Gasteiger partial charge in [-0.2, -0.15) is 0 Å². The third kappa shape index (κ3) is 4.21. The molecule has 0 heterocycles. The molecule has 0 aliphatic heterocycles. The van der Waals surface area contributed by atoms with Crippen LogP contribution in [0.2, 0.25) is 0 Å². The molecule has 0 spiro atoms. The molecule has 1 saturated carbocycles. The molecule has 1 atom stereocenters. The van der Waals surface area contributed by atoms with Gasteiger partial charge in [0.2, 0.25) is 5.92 Å². The Morgan fingerprint density at radius 1 is 0.875 bits per heavy atom. The fourth-order valence-corrected chi connectivity index (χ4v) is 3.72. The number of hydrogen-bond acceptors (Lipinski definition) is 1. The van der Waals surface area contributed by atoms with Crippen molar-refractivity contribution in [2.75, 3.05) is 0 Å². The SMILES string of the molecule is OC(CC(c1ccccc1)c1ccccc1)C1CCC(F)(F)CC1. The van der Waals surface area contributed by atoms with Gasteiger partial charge in [-0.15, -0.1) is 0 Å². The third-order valence-electron chi connectivity index (χ3n) is 5.19. The zero-order valence-corrected chi connectivity index (χ0v) is 13.7. The van der Waals surface area contributed by atoms with E-state index in [4.69, 9.17) is 0 Å². The molecular formula is C21H24F2O. The molecule has 1 nitrogen and oxygen atoms in total. The first-order valence-corrected chi connectivity index (χ1v) is 8.71. The third-order valence-corrected chi connectivity index (χ3v) is 5.19. The number of aliphatic hydroxyl groups excluding tert-OH is 1. The lowest BCUT2D eigenvalue weighted by molar-refractivity contribution is -0.0633. The van der Waals surface area contributed by atoms with Crippen LogP contribution in [0.15, 0.2) is 60.7 Å². The van der Waals surface area contributed by atoms with Crippen molar-refractivity contribution in [2.45, 2.75) is 50.0 Å². The Hall–Kier alpha value is -1.74. The number of aliphatic hydroxyl groups is 1. The molecule has 3 heteroatoms. The Balaban J connectivity index is 1.75. The Kier molecular flexibility index (Phi) is 5.30. The van der Waals surface area contributed by atoms with Gasteiger partial charge < -0.3 is 5.11 Å². The quantitative estimate of drug-likeness (QED) is 0.779. The van der Waals surface area contributed by atoms with Crippen LogP contribution in [0, 0.1) is 5.92 Å². The van der Waals surface area contributed by atoms with E-state index in [0.717, 1.165) is 11.1 Å². The summed E-state index contributed by atoms with van der Waals surface area (Å²) in [5.74, 6) is -2.49. The summed E-state index contributed by atoms with van der Waals surface area (Å²) in [5, 5.41) is 10.7. The second-order valence-electron chi connectivity index (χ2n) is 6.87. The smallest absolute Gasteiger partial charge is 0.248 e. The fourth-order valence-electron chi connectivity index (χ4n) is 3.72. The van der Waals surface area contributed by atoms with E-state index < -0.39 is 12.0 Å². The average Bonchev–Trinajstić information content (AvgIpc) is 2.61. The number of hydrogen-bond donors (Lipinski definition) is 1. The summed E-state index contributed by atoms with van der Waals surface area (Å²) in [4.78, 5) is 0. The number of halogens is 2. The van der Waals surface area contributed by atoms with E-state index in [-0.39, 0.29) is 24.7 Å². The van der Waals surface area contributed by atoms with Crippen molar-refractivity contribution in [3.8, 4) is 0 Å². The molecule has 3 rings (SSSR count). The zero-order valence-electron chi connectivity index (χ0n) is 13.7. The minimum atomic E-state index is -2.55. The van der Waals surface area contributed by atoms with Gasteiger partial charge in [0.05, 0.1) is 6.10 Å². The molecule has 2 aromatic carbocycles. The van der Waals surface area contributed by atoms with Gasteiger partial charge in [-0.3, -0.25) is 0 Å². The highest BCUT2D eigenvalue weighted by molar-refractivity contribution is 5.32. The van der Waals surface area contributed by atoms with E-state index in [0.29, 0.717) is 19.3 Å². The summed E-state index contributed by atoms with van der Waals surface area (Å²) in [6, 6.07) is 20.2. The van der Waals surface area contributed by atoms with Crippen LogP contribution in [0.5, 0.6) is 0 Å². The van der Waals surface area contributed by atoms with Gasteiger partial charge in [0, 0.05) is 18.8 Å². The summed E-state index contributed by atoms with van der Waals surface area (Å²) in [7, 11) is 0. The monoisotopic (exact) mass is 330 g/mol. The summed E-state index contributed by atoms with van der Waals surface area (Å²) >= 11 is 0. The number of alkyl halides is 2. The Morgan fingerprint density at radius 3 is 1.79 bits per heavy atom. The van der Waals surface area contributed by atoms with Crippen molar-refractivity contribution in [1.29, 1.82) is 0 Å². The normalized spacial score (nSPS) is 19.3. The summed E-state index contributed by atoms with van der Waals surface area (Å²) < 4.78 is 26.7. The van der Waals surface area contributed by atoms with Crippen LogP contribution in [-0.2, 0) is 0 Å². The molecule has 24 heavy (non-hydrogen) atoms. The Bertz CT molecular complexity index is 577. The van der Waals surface area contributed by atoms with Gasteiger partial charge in [0.15, 0.2) is 0 Å². The molecule has 1 fully saturated rings. The van der Waals surface area contributed by atoms with Gasteiger partial charge in [-0.25, -0.2) is 8.78 Å². The fraction of sp³-hybridized carbons (Fsp3) is 0.429. The van der Waals surface area contributed by atoms with Crippen molar-refractivity contribution in [3.05, 3.63) is 71.8 Å². The molecule has 0 bridgehead atoms. The molecule has 1 unspecified atom stereocenters. The van der Waals surface area contributed by atoms with E-state index >= 15 is 0 Å². The van der Waals surface area contributed by atoms with Crippen molar-refractivity contribution in [3.63, 3.8) is 0 Å². The lowest BCUT2D eigenvalue weighted by Crippen LogP contribution is -2.32. The lowest BCUT2D eigenvalue weighted by atomic mass is 9.78. The second-order valence-corrected chi connectivity index (χ2v) is 6.87. The van der Waals surface area contributed by atoms with Crippen molar-refractivity contribution < 1.29 is 13.9 Å². The summed E-state index contributed by atoms with van der Waals surface area (Å²) in [6.07, 6.45) is 0.636. The van der Waals surface area contributed by atoms with Crippen molar-refractivity contribution in [2.24, 2.45) is 5.92 Å². The first-order valence-electron chi connectivity index (χ1n) is 8.71. The second kappa shape index (κ2) is 7.43. The standard InChI is InChI=1S/C21H24F2O/c22-21(23)13-11-18(12-14-21)20(24)15-19(16-7-3-1-4-8-16)17-9-5-2-6-10-17/h1-10,18-20,24H,11-15H2. The van der Waals surface area contributed by atoms with Crippen molar-refractivity contribution >= 4 is 0 Å². The van der Waals surface area contributed by atoms with Gasteiger partial charge in [0.1, 0.15) is 0 Å². The molecule has 1 aliphatic carbocycles. The number of benzene rings is 2. The molecule has 0 radical (unpaired) electrons. The molecule has 0 aromatic heterocycles. The summed E-state index contributed by atoms with van der Waals surface area (Å²) in [5.41, 5.74) is 2.31.